The summed E-state index contributed by atoms with van der Waals surface area (Å²) in [5.74, 6) is -0.274. The first-order valence-corrected chi connectivity index (χ1v) is 7.70. The van der Waals surface area contributed by atoms with Gasteiger partial charge in [0.1, 0.15) is 5.82 Å². The molecule has 2 aromatic rings. The van der Waals surface area contributed by atoms with Gasteiger partial charge >= 0.3 is 0 Å². The van der Waals surface area contributed by atoms with Gasteiger partial charge in [0.25, 0.3) is 0 Å². The summed E-state index contributed by atoms with van der Waals surface area (Å²) >= 11 is 5.87. The van der Waals surface area contributed by atoms with Crippen LogP contribution in [0, 0.1) is 12.8 Å². The predicted octanol–water partition coefficient (Wildman–Crippen LogP) is 3.04. The number of pyridine rings is 1. The highest BCUT2D eigenvalue weighted by Gasteiger charge is 2.35. The number of hydrogen-bond acceptors (Lipinski definition) is 3. The predicted molar refractivity (Wildman–Crippen MR) is 89.5 cm³/mol. The molecular formula is C17H16ClN3O2. The fourth-order valence-corrected chi connectivity index (χ4v) is 2.72. The maximum atomic E-state index is 12.3. The molecule has 1 unspecified atom stereocenters. The van der Waals surface area contributed by atoms with Crippen molar-refractivity contribution in [3.63, 3.8) is 0 Å². The number of benzene rings is 1. The molecule has 6 heteroatoms. The van der Waals surface area contributed by atoms with E-state index in [0.29, 0.717) is 17.4 Å². The summed E-state index contributed by atoms with van der Waals surface area (Å²) in [7, 11) is 0. The number of rotatable bonds is 3. The Labute approximate surface area is 139 Å². The standard InChI is InChI=1S/C17H16ClN3O2/c1-11-2-4-14(5-3-11)21-10-12(8-16(21)22)17(23)20-15-9-13(18)6-7-19-15/h2-7,9,12H,8,10H2,1H3,(H,19,20,23). The van der Waals surface area contributed by atoms with Gasteiger partial charge in [0, 0.05) is 29.9 Å². The van der Waals surface area contributed by atoms with Gasteiger partial charge < -0.3 is 10.2 Å². The zero-order valence-electron chi connectivity index (χ0n) is 12.6. The van der Waals surface area contributed by atoms with Crippen LogP contribution in [0.4, 0.5) is 11.5 Å². The van der Waals surface area contributed by atoms with Crippen molar-refractivity contribution in [1.29, 1.82) is 0 Å². The Morgan fingerprint density at radius 2 is 2.04 bits per heavy atom. The first-order valence-electron chi connectivity index (χ1n) is 7.32. The van der Waals surface area contributed by atoms with E-state index >= 15 is 0 Å². The van der Waals surface area contributed by atoms with E-state index in [-0.39, 0.29) is 18.2 Å². The van der Waals surface area contributed by atoms with Gasteiger partial charge in [-0.1, -0.05) is 29.3 Å². The molecule has 1 atom stereocenters. The number of amides is 2. The van der Waals surface area contributed by atoms with E-state index in [4.69, 9.17) is 11.6 Å². The van der Waals surface area contributed by atoms with E-state index < -0.39 is 5.92 Å². The molecule has 0 saturated carbocycles. The molecule has 1 fully saturated rings. The van der Waals surface area contributed by atoms with E-state index in [1.54, 1.807) is 17.0 Å². The molecule has 1 aliphatic rings. The van der Waals surface area contributed by atoms with Crippen LogP contribution in [0.1, 0.15) is 12.0 Å². The summed E-state index contributed by atoms with van der Waals surface area (Å²) in [5, 5.41) is 3.21. The lowest BCUT2D eigenvalue weighted by molar-refractivity contribution is -0.122. The van der Waals surface area contributed by atoms with Crippen molar-refractivity contribution in [3.8, 4) is 0 Å². The molecule has 0 spiro atoms. The molecule has 2 heterocycles. The summed E-state index contributed by atoms with van der Waals surface area (Å²) in [6.07, 6.45) is 1.72. The average molecular weight is 330 g/mol. The lowest BCUT2D eigenvalue weighted by Crippen LogP contribution is -2.28. The third kappa shape index (κ3) is 3.51. The minimum atomic E-state index is -0.399. The number of nitrogens with one attached hydrogen (secondary N) is 1. The highest BCUT2D eigenvalue weighted by molar-refractivity contribution is 6.30. The fraction of sp³-hybridized carbons (Fsp3) is 0.235. The van der Waals surface area contributed by atoms with Crippen LogP contribution in [-0.2, 0) is 9.59 Å². The van der Waals surface area contributed by atoms with Gasteiger partial charge in [0.15, 0.2) is 0 Å². The zero-order chi connectivity index (χ0) is 16.4. The van der Waals surface area contributed by atoms with Crippen LogP contribution in [-0.4, -0.2) is 23.3 Å². The molecule has 23 heavy (non-hydrogen) atoms. The van der Waals surface area contributed by atoms with Crippen LogP contribution in [0.25, 0.3) is 0 Å². The van der Waals surface area contributed by atoms with E-state index in [1.165, 1.54) is 6.20 Å². The van der Waals surface area contributed by atoms with E-state index in [1.807, 2.05) is 31.2 Å². The number of hydrogen-bond donors (Lipinski definition) is 1. The Bertz CT molecular complexity index is 746. The second-order valence-corrected chi connectivity index (χ2v) is 6.03. The quantitative estimate of drug-likeness (QED) is 0.941. The second kappa shape index (κ2) is 6.38. The van der Waals surface area contributed by atoms with E-state index in [0.717, 1.165) is 11.3 Å². The number of nitrogens with zero attached hydrogens (tertiary/aromatic N) is 2. The molecule has 0 radical (unpaired) electrons. The fourth-order valence-electron chi connectivity index (χ4n) is 2.56. The molecule has 1 aliphatic heterocycles. The summed E-state index contributed by atoms with van der Waals surface area (Å²) in [4.78, 5) is 30.2. The maximum absolute atomic E-state index is 12.3. The monoisotopic (exact) mass is 329 g/mol. The molecule has 1 N–H and O–H groups in total. The maximum Gasteiger partial charge on any atom is 0.230 e. The molecule has 1 aromatic heterocycles. The van der Waals surface area contributed by atoms with Gasteiger partial charge in [-0.15, -0.1) is 0 Å². The lowest BCUT2D eigenvalue weighted by atomic mass is 10.1. The highest BCUT2D eigenvalue weighted by atomic mass is 35.5. The van der Waals surface area contributed by atoms with Crippen LogP contribution in [0.2, 0.25) is 5.02 Å². The Morgan fingerprint density at radius 3 is 2.74 bits per heavy atom. The van der Waals surface area contributed by atoms with Gasteiger partial charge in [-0.05, 0) is 31.2 Å². The number of halogens is 1. The molecule has 2 amide bonds. The smallest absolute Gasteiger partial charge is 0.230 e. The third-order valence-corrected chi connectivity index (χ3v) is 4.05. The minimum absolute atomic E-state index is 0.0481. The van der Waals surface area contributed by atoms with E-state index in [2.05, 4.69) is 10.3 Å². The van der Waals surface area contributed by atoms with Crippen molar-refractivity contribution in [2.75, 3.05) is 16.8 Å². The Balaban J connectivity index is 1.69. The molecule has 5 nitrogen and oxygen atoms in total. The van der Waals surface area contributed by atoms with Crippen LogP contribution in [0.15, 0.2) is 42.6 Å². The summed E-state index contributed by atoms with van der Waals surface area (Å²) in [6, 6.07) is 10.9. The second-order valence-electron chi connectivity index (χ2n) is 5.59. The van der Waals surface area contributed by atoms with Crippen molar-refractivity contribution < 1.29 is 9.59 Å². The molecule has 3 rings (SSSR count). The SMILES string of the molecule is Cc1ccc(N2CC(C(=O)Nc3cc(Cl)ccn3)CC2=O)cc1. The van der Waals surface area contributed by atoms with Crippen molar-refractivity contribution in [2.45, 2.75) is 13.3 Å². The molecular weight excluding hydrogens is 314 g/mol. The third-order valence-electron chi connectivity index (χ3n) is 3.81. The van der Waals surface area contributed by atoms with Gasteiger partial charge in [-0.2, -0.15) is 0 Å². The molecule has 0 bridgehead atoms. The molecule has 1 aromatic carbocycles. The van der Waals surface area contributed by atoms with Gasteiger partial charge in [-0.3, -0.25) is 9.59 Å². The number of anilines is 2. The number of carbonyl (C=O) groups excluding carboxylic acids is 2. The van der Waals surface area contributed by atoms with Crippen LogP contribution in [0.3, 0.4) is 0 Å². The Morgan fingerprint density at radius 1 is 1.30 bits per heavy atom. The molecule has 118 valence electrons. The van der Waals surface area contributed by atoms with Crippen LogP contribution < -0.4 is 10.2 Å². The lowest BCUT2D eigenvalue weighted by Gasteiger charge is -2.16. The average Bonchev–Trinajstić information content (AvgIpc) is 2.90. The minimum Gasteiger partial charge on any atom is -0.312 e. The summed E-state index contributed by atoms with van der Waals surface area (Å²) in [5.41, 5.74) is 1.94. The number of aryl methyl sites for hydroxylation is 1. The Hall–Kier alpha value is -2.40. The highest BCUT2D eigenvalue weighted by Crippen LogP contribution is 2.26. The van der Waals surface area contributed by atoms with Gasteiger partial charge in [0.2, 0.25) is 11.8 Å². The van der Waals surface area contributed by atoms with Crippen molar-refractivity contribution in [3.05, 3.63) is 53.2 Å². The van der Waals surface area contributed by atoms with Gasteiger partial charge in [0.05, 0.1) is 5.92 Å². The van der Waals surface area contributed by atoms with Crippen LogP contribution in [0.5, 0.6) is 0 Å². The molecule has 0 aliphatic carbocycles. The first-order chi connectivity index (χ1) is 11.0. The van der Waals surface area contributed by atoms with Crippen molar-refractivity contribution in [2.24, 2.45) is 5.92 Å². The number of aromatic nitrogens is 1. The zero-order valence-corrected chi connectivity index (χ0v) is 13.4. The topological polar surface area (TPSA) is 62.3 Å². The normalized spacial score (nSPS) is 17.4. The van der Waals surface area contributed by atoms with E-state index in [9.17, 15) is 9.59 Å². The van der Waals surface area contributed by atoms with Crippen molar-refractivity contribution >= 4 is 34.9 Å². The first kappa shape index (κ1) is 15.5. The summed E-state index contributed by atoms with van der Waals surface area (Å²) < 4.78 is 0. The molecule has 1 saturated heterocycles. The van der Waals surface area contributed by atoms with Crippen molar-refractivity contribution in [1.82, 2.24) is 4.98 Å². The van der Waals surface area contributed by atoms with Crippen LogP contribution >= 0.6 is 11.6 Å². The largest absolute Gasteiger partial charge is 0.312 e. The number of carbonyl (C=O) groups is 2. The Kier molecular flexibility index (Phi) is 4.30. The summed E-state index contributed by atoms with van der Waals surface area (Å²) in [6.45, 7) is 2.36. The van der Waals surface area contributed by atoms with Gasteiger partial charge in [-0.25, -0.2) is 4.98 Å².